The average molecular weight is 309 g/mol. The van der Waals surface area contributed by atoms with Crippen molar-refractivity contribution >= 4 is 27.6 Å². The number of nitrogens with one attached hydrogen (secondary N) is 1. The second kappa shape index (κ2) is 5.54. The normalized spacial score (nSPS) is 10.1. The molecule has 0 atom stereocenters. The van der Waals surface area contributed by atoms with E-state index >= 15 is 0 Å². The molecule has 1 aromatic heterocycles. The third kappa shape index (κ3) is 3.01. The highest BCUT2D eigenvalue weighted by Gasteiger charge is 2.11. The molecule has 0 saturated carbocycles. The Bertz CT molecular complexity index is 559. The molecule has 1 aromatic carbocycles. The number of halogens is 1. The second-order valence-electron chi connectivity index (χ2n) is 3.46. The Morgan fingerprint density at radius 1 is 1.28 bits per heavy atom. The van der Waals surface area contributed by atoms with Crippen LogP contribution in [-0.4, -0.2) is 14.9 Å². The minimum Gasteiger partial charge on any atom is -0.350 e. The average Bonchev–Trinajstić information content (AvgIpc) is 2.38. The van der Waals surface area contributed by atoms with Gasteiger partial charge in [0, 0.05) is 30.6 Å². The van der Waals surface area contributed by atoms with Gasteiger partial charge in [-0.1, -0.05) is 18.2 Å². The Hall–Kier alpha value is -2.02. The number of hydrogen-bond donors (Lipinski definition) is 1. The van der Waals surface area contributed by atoms with Crippen molar-refractivity contribution in [2.24, 2.45) is 0 Å². The molecule has 2 rings (SSSR count). The van der Waals surface area contributed by atoms with Crippen molar-refractivity contribution in [3.05, 3.63) is 56.8 Å². The van der Waals surface area contributed by atoms with E-state index in [1.54, 1.807) is 30.6 Å². The summed E-state index contributed by atoms with van der Waals surface area (Å²) >= 11 is 3.23. The molecule has 1 N–H and O–H groups in total. The molecule has 0 bridgehead atoms. The molecule has 1 heterocycles. The van der Waals surface area contributed by atoms with Crippen molar-refractivity contribution in [1.82, 2.24) is 9.97 Å². The molecule has 0 aliphatic heterocycles. The number of aromatic nitrogens is 2. The van der Waals surface area contributed by atoms with Crippen molar-refractivity contribution in [3.63, 3.8) is 0 Å². The molecule has 0 fully saturated rings. The lowest BCUT2D eigenvalue weighted by Gasteiger charge is -2.05. The van der Waals surface area contributed by atoms with E-state index in [1.807, 2.05) is 0 Å². The van der Waals surface area contributed by atoms with E-state index in [-0.39, 0.29) is 5.69 Å². The number of rotatable bonds is 4. The second-order valence-corrected chi connectivity index (χ2v) is 4.38. The molecule has 0 spiro atoms. The monoisotopic (exact) mass is 308 g/mol. The lowest BCUT2D eigenvalue weighted by Crippen LogP contribution is -2.05. The standard InChI is InChI=1S/C11H9BrN4O2/c12-9-6-14-11(15-7-9)13-5-8-3-1-2-4-10(8)16(17)18/h1-4,6-7H,5H2,(H,13,14,15). The summed E-state index contributed by atoms with van der Waals surface area (Å²) in [5, 5.41) is 13.8. The SMILES string of the molecule is O=[N+]([O-])c1ccccc1CNc1ncc(Br)cn1. The molecule has 92 valence electrons. The number of nitrogens with zero attached hydrogens (tertiary/aromatic N) is 3. The number of hydrogen-bond acceptors (Lipinski definition) is 5. The maximum absolute atomic E-state index is 10.8. The molecule has 0 unspecified atom stereocenters. The maximum atomic E-state index is 10.8. The fourth-order valence-electron chi connectivity index (χ4n) is 1.42. The van der Waals surface area contributed by atoms with Crippen molar-refractivity contribution in [1.29, 1.82) is 0 Å². The number of para-hydroxylation sites is 1. The van der Waals surface area contributed by atoms with Gasteiger partial charge in [0.25, 0.3) is 5.69 Å². The number of nitro groups is 1. The van der Waals surface area contributed by atoms with Gasteiger partial charge in [-0.2, -0.15) is 0 Å². The summed E-state index contributed by atoms with van der Waals surface area (Å²) < 4.78 is 0.777. The van der Waals surface area contributed by atoms with Crippen molar-refractivity contribution in [3.8, 4) is 0 Å². The smallest absolute Gasteiger partial charge is 0.274 e. The lowest BCUT2D eigenvalue weighted by atomic mass is 10.2. The van der Waals surface area contributed by atoms with Crippen LogP contribution in [0.3, 0.4) is 0 Å². The Labute approximate surface area is 111 Å². The van der Waals surface area contributed by atoms with Gasteiger partial charge in [0.2, 0.25) is 5.95 Å². The molecular weight excluding hydrogens is 300 g/mol. The van der Waals surface area contributed by atoms with Crippen molar-refractivity contribution in [2.75, 3.05) is 5.32 Å². The maximum Gasteiger partial charge on any atom is 0.274 e. The molecule has 2 aromatic rings. The van der Waals surface area contributed by atoms with Crippen LogP contribution in [0.4, 0.5) is 11.6 Å². The van der Waals surface area contributed by atoms with Gasteiger partial charge in [-0.15, -0.1) is 0 Å². The van der Waals surface area contributed by atoms with Gasteiger partial charge in [-0.25, -0.2) is 9.97 Å². The zero-order valence-electron chi connectivity index (χ0n) is 9.21. The summed E-state index contributed by atoms with van der Waals surface area (Å²) in [5.74, 6) is 0.427. The lowest BCUT2D eigenvalue weighted by molar-refractivity contribution is -0.385. The van der Waals surface area contributed by atoms with Gasteiger partial charge in [0.1, 0.15) is 0 Å². The molecular formula is C11H9BrN4O2. The minimum atomic E-state index is -0.403. The highest BCUT2D eigenvalue weighted by molar-refractivity contribution is 9.10. The number of anilines is 1. The molecule has 7 heteroatoms. The van der Waals surface area contributed by atoms with Gasteiger partial charge in [-0.05, 0) is 15.9 Å². The van der Waals surface area contributed by atoms with Gasteiger partial charge in [0.15, 0.2) is 0 Å². The first kappa shape index (κ1) is 12.4. The Kier molecular flexibility index (Phi) is 3.83. The number of nitro benzene ring substituents is 1. The first-order valence-corrected chi connectivity index (χ1v) is 5.90. The van der Waals surface area contributed by atoms with Gasteiger partial charge in [-0.3, -0.25) is 10.1 Å². The molecule has 0 aliphatic carbocycles. The van der Waals surface area contributed by atoms with Crippen LogP contribution in [-0.2, 0) is 6.54 Å². The molecule has 0 aliphatic rings. The van der Waals surface area contributed by atoms with Crippen LogP contribution in [0.15, 0.2) is 41.1 Å². The molecule has 18 heavy (non-hydrogen) atoms. The summed E-state index contributed by atoms with van der Waals surface area (Å²) in [7, 11) is 0. The van der Waals surface area contributed by atoms with Crippen LogP contribution in [0.25, 0.3) is 0 Å². The van der Waals surface area contributed by atoms with Crippen molar-refractivity contribution < 1.29 is 4.92 Å². The van der Waals surface area contributed by atoms with Crippen LogP contribution in [0.5, 0.6) is 0 Å². The summed E-state index contributed by atoms with van der Waals surface area (Å²) in [6.07, 6.45) is 3.21. The highest BCUT2D eigenvalue weighted by Crippen LogP contribution is 2.18. The van der Waals surface area contributed by atoms with E-state index in [4.69, 9.17) is 0 Å². The van der Waals surface area contributed by atoms with Gasteiger partial charge in [0.05, 0.1) is 9.40 Å². The Balaban J connectivity index is 2.10. The van der Waals surface area contributed by atoms with E-state index in [0.717, 1.165) is 4.47 Å². The summed E-state index contributed by atoms with van der Waals surface area (Å²) in [5.41, 5.74) is 0.677. The van der Waals surface area contributed by atoms with E-state index in [1.165, 1.54) is 6.07 Å². The van der Waals surface area contributed by atoms with E-state index in [0.29, 0.717) is 18.1 Å². The predicted octanol–water partition coefficient (Wildman–Crippen LogP) is 2.76. The van der Waals surface area contributed by atoms with Crippen LogP contribution in [0, 0.1) is 10.1 Å². The van der Waals surface area contributed by atoms with E-state index in [9.17, 15) is 10.1 Å². The van der Waals surface area contributed by atoms with Gasteiger partial charge < -0.3 is 5.32 Å². The fraction of sp³-hybridized carbons (Fsp3) is 0.0909. The number of benzene rings is 1. The van der Waals surface area contributed by atoms with Crippen LogP contribution >= 0.6 is 15.9 Å². The third-order valence-corrected chi connectivity index (χ3v) is 2.66. The predicted molar refractivity (Wildman–Crippen MR) is 70.2 cm³/mol. The molecule has 6 nitrogen and oxygen atoms in total. The van der Waals surface area contributed by atoms with E-state index in [2.05, 4.69) is 31.2 Å². The highest BCUT2D eigenvalue weighted by atomic mass is 79.9. The molecule has 0 amide bonds. The summed E-state index contributed by atoms with van der Waals surface area (Å²) in [6.45, 7) is 0.304. The van der Waals surface area contributed by atoms with Crippen LogP contribution in [0.2, 0.25) is 0 Å². The summed E-state index contributed by atoms with van der Waals surface area (Å²) in [4.78, 5) is 18.5. The summed E-state index contributed by atoms with van der Waals surface area (Å²) in [6, 6.07) is 6.56. The first-order valence-electron chi connectivity index (χ1n) is 5.10. The topological polar surface area (TPSA) is 81.0 Å². The zero-order valence-corrected chi connectivity index (χ0v) is 10.8. The third-order valence-electron chi connectivity index (χ3n) is 2.25. The molecule has 0 radical (unpaired) electrons. The van der Waals surface area contributed by atoms with Crippen LogP contribution in [0.1, 0.15) is 5.56 Å². The largest absolute Gasteiger partial charge is 0.350 e. The molecule has 0 saturated heterocycles. The Morgan fingerprint density at radius 2 is 1.94 bits per heavy atom. The minimum absolute atomic E-state index is 0.0853. The first-order chi connectivity index (χ1) is 8.66. The van der Waals surface area contributed by atoms with E-state index < -0.39 is 4.92 Å². The van der Waals surface area contributed by atoms with Crippen molar-refractivity contribution in [2.45, 2.75) is 6.54 Å². The fourth-order valence-corrected chi connectivity index (χ4v) is 1.62. The van der Waals surface area contributed by atoms with Crippen LogP contribution < -0.4 is 5.32 Å². The van der Waals surface area contributed by atoms with Gasteiger partial charge >= 0.3 is 0 Å². The Morgan fingerprint density at radius 3 is 2.61 bits per heavy atom. The quantitative estimate of drug-likeness (QED) is 0.694. The zero-order chi connectivity index (χ0) is 13.0.